The molecule has 1 aromatic rings. The van der Waals surface area contributed by atoms with Crippen molar-refractivity contribution in [2.75, 3.05) is 14.2 Å². The first-order chi connectivity index (χ1) is 11.3. The zero-order valence-electron chi connectivity index (χ0n) is 14.3. The van der Waals surface area contributed by atoms with E-state index >= 15 is 0 Å². The predicted molar refractivity (Wildman–Crippen MR) is 87.7 cm³/mol. The summed E-state index contributed by atoms with van der Waals surface area (Å²) >= 11 is 0. The third kappa shape index (κ3) is 7.19. The summed E-state index contributed by atoms with van der Waals surface area (Å²) in [5.74, 6) is -2.72. The summed E-state index contributed by atoms with van der Waals surface area (Å²) in [6.07, 6.45) is 2.20. The topological polar surface area (TPSA) is 125 Å². The number of carboxylic acids is 2. The third-order valence-electron chi connectivity index (χ3n) is 3.30. The molecule has 0 atom stereocenters. The van der Waals surface area contributed by atoms with E-state index < -0.39 is 11.9 Å². The molecule has 0 amide bonds. The summed E-state index contributed by atoms with van der Waals surface area (Å²) in [6.45, 7) is 5.07. The minimum atomic E-state index is -1.82. The van der Waals surface area contributed by atoms with E-state index in [2.05, 4.69) is 19.2 Å². The standard InChI is InChI=1S/C14H23NO3.C2H2O4/c1-5-11(6-2)15-9-10-7-12(17-3)14(16)13(8-10)18-4;3-1(4)2(5)6/h7-8,11,15-16H,5-6,9H2,1-4H3;(H,3,4)(H,5,6). The second kappa shape index (κ2) is 11.1. The van der Waals surface area contributed by atoms with Crippen molar-refractivity contribution < 1.29 is 34.4 Å². The van der Waals surface area contributed by atoms with Crippen LogP contribution in [0, 0.1) is 0 Å². The number of nitrogens with one attached hydrogen (secondary N) is 1. The number of methoxy groups -OCH3 is 2. The number of carbonyl (C=O) groups is 2. The maximum absolute atomic E-state index is 9.81. The smallest absolute Gasteiger partial charge is 0.414 e. The highest BCUT2D eigenvalue weighted by molar-refractivity contribution is 6.27. The summed E-state index contributed by atoms with van der Waals surface area (Å²) in [6, 6.07) is 4.16. The number of benzene rings is 1. The van der Waals surface area contributed by atoms with Crippen LogP contribution < -0.4 is 14.8 Å². The fourth-order valence-electron chi connectivity index (χ4n) is 1.89. The number of ether oxygens (including phenoxy) is 2. The summed E-state index contributed by atoms with van der Waals surface area (Å²) < 4.78 is 10.3. The molecule has 0 aliphatic heterocycles. The Morgan fingerprint density at radius 2 is 1.46 bits per heavy atom. The van der Waals surface area contributed by atoms with Crippen LogP contribution in [0.25, 0.3) is 0 Å². The quantitative estimate of drug-likeness (QED) is 0.553. The lowest BCUT2D eigenvalue weighted by atomic mass is 10.1. The lowest BCUT2D eigenvalue weighted by molar-refractivity contribution is -0.159. The minimum Gasteiger partial charge on any atom is -0.502 e. The van der Waals surface area contributed by atoms with Gasteiger partial charge in [-0.1, -0.05) is 13.8 Å². The van der Waals surface area contributed by atoms with Crippen molar-refractivity contribution in [3.05, 3.63) is 17.7 Å². The highest BCUT2D eigenvalue weighted by atomic mass is 16.5. The van der Waals surface area contributed by atoms with Crippen molar-refractivity contribution >= 4 is 11.9 Å². The molecule has 8 nitrogen and oxygen atoms in total. The molecule has 8 heteroatoms. The molecule has 0 radical (unpaired) electrons. The van der Waals surface area contributed by atoms with Crippen LogP contribution in [-0.2, 0) is 16.1 Å². The SMILES string of the molecule is CCC(CC)NCc1cc(OC)c(O)c(OC)c1.O=C(O)C(=O)O. The van der Waals surface area contributed by atoms with E-state index in [-0.39, 0.29) is 5.75 Å². The van der Waals surface area contributed by atoms with E-state index in [0.717, 1.165) is 24.9 Å². The van der Waals surface area contributed by atoms with Crippen molar-refractivity contribution in [3.8, 4) is 17.2 Å². The molecule has 0 saturated carbocycles. The average molecular weight is 343 g/mol. The fraction of sp³-hybridized carbons (Fsp3) is 0.500. The van der Waals surface area contributed by atoms with Crippen molar-refractivity contribution in [2.45, 2.75) is 39.3 Å². The van der Waals surface area contributed by atoms with E-state index in [0.29, 0.717) is 17.5 Å². The Hall–Kier alpha value is -2.48. The molecule has 0 fully saturated rings. The molecule has 0 aliphatic carbocycles. The van der Waals surface area contributed by atoms with Crippen molar-refractivity contribution in [2.24, 2.45) is 0 Å². The number of phenols is 1. The molecule has 1 aromatic carbocycles. The van der Waals surface area contributed by atoms with Gasteiger partial charge in [-0.25, -0.2) is 9.59 Å². The van der Waals surface area contributed by atoms with Crippen LogP contribution in [-0.4, -0.2) is 47.5 Å². The first kappa shape index (κ1) is 21.5. The molecule has 24 heavy (non-hydrogen) atoms. The van der Waals surface area contributed by atoms with Gasteiger partial charge in [0.1, 0.15) is 0 Å². The predicted octanol–water partition coefficient (Wildman–Crippen LogP) is 1.84. The summed E-state index contributed by atoms with van der Waals surface area (Å²) in [7, 11) is 3.07. The first-order valence-corrected chi connectivity index (χ1v) is 7.44. The lowest BCUT2D eigenvalue weighted by Crippen LogP contribution is -2.26. The molecule has 4 N–H and O–H groups in total. The lowest BCUT2D eigenvalue weighted by Gasteiger charge is -2.16. The molecular weight excluding hydrogens is 318 g/mol. The molecule has 0 spiro atoms. The van der Waals surface area contributed by atoms with E-state index in [1.807, 2.05) is 12.1 Å². The Kier molecular flexibility index (Phi) is 9.97. The van der Waals surface area contributed by atoms with Crippen LogP contribution in [0.15, 0.2) is 12.1 Å². The summed E-state index contributed by atoms with van der Waals surface area (Å²) in [5, 5.41) is 28.1. The number of hydrogen-bond acceptors (Lipinski definition) is 6. The van der Waals surface area contributed by atoms with Gasteiger partial charge in [-0.3, -0.25) is 0 Å². The van der Waals surface area contributed by atoms with E-state index in [9.17, 15) is 5.11 Å². The number of carboxylic acid groups (broad SMARTS) is 2. The molecule has 0 saturated heterocycles. The van der Waals surface area contributed by atoms with Gasteiger partial charge >= 0.3 is 11.9 Å². The van der Waals surface area contributed by atoms with Crippen LogP contribution in [0.4, 0.5) is 0 Å². The van der Waals surface area contributed by atoms with E-state index in [4.69, 9.17) is 29.3 Å². The largest absolute Gasteiger partial charge is 0.502 e. The Labute approximate surface area is 141 Å². The van der Waals surface area contributed by atoms with Crippen molar-refractivity contribution in [3.63, 3.8) is 0 Å². The Balaban J connectivity index is 0.000000754. The third-order valence-corrected chi connectivity index (χ3v) is 3.30. The monoisotopic (exact) mass is 343 g/mol. The number of hydrogen-bond donors (Lipinski definition) is 4. The van der Waals surface area contributed by atoms with Gasteiger partial charge in [0, 0.05) is 12.6 Å². The van der Waals surface area contributed by atoms with Gasteiger partial charge in [0.2, 0.25) is 5.75 Å². The van der Waals surface area contributed by atoms with Crippen molar-refractivity contribution in [1.29, 1.82) is 0 Å². The molecule has 0 aliphatic rings. The van der Waals surface area contributed by atoms with Gasteiger partial charge in [-0.2, -0.15) is 0 Å². The van der Waals surface area contributed by atoms with Crippen molar-refractivity contribution in [1.82, 2.24) is 5.32 Å². The summed E-state index contributed by atoms with van der Waals surface area (Å²) in [4.78, 5) is 18.2. The zero-order chi connectivity index (χ0) is 18.7. The van der Waals surface area contributed by atoms with Gasteiger partial charge in [0.25, 0.3) is 0 Å². The highest BCUT2D eigenvalue weighted by Crippen LogP contribution is 2.37. The second-order valence-electron chi connectivity index (χ2n) is 4.85. The molecule has 0 unspecified atom stereocenters. The van der Waals surface area contributed by atoms with Gasteiger partial charge in [-0.15, -0.1) is 0 Å². The average Bonchev–Trinajstić information content (AvgIpc) is 2.57. The molecule has 1 rings (SSSR count). The van der Waals surface area contributed by atoms with Gasteiger partial charge < -0.3 is 30.1 Å². The highest BCUT2D eigenvalue weighted by Gasteiger charge is 2.11. The number of aliphatic carboxylic acids is 2. The number of aromatic hydroxyl groups is 1. The zero-order valence-corrected chi connectivity index (χ0v) is 14.3. The van der Waals surface area contributed by atoms with Crippen LogP contribution in [0.5, 0.6) is 17.2 Å². The maximum Gasteiger partial charge on any atom is 0.414 e. The van der Waals surface area contributed by atoms with Crippen LogP contribution >= 0.6 is 0 Å². The second-order valence-corrected chi connectivity index (χ2v) is 4.85. The van der Waals surface area contributed by atoms with Gasteiger partial charge in [-0.05, 0) is 30.5 Å². The van der Waals surface area contributed by atoms with Gasteiger partial charge in [0.05, 0.1) is 14.2 Å². The molecule has 0 heterocycles. The Bertz CT molecular complexity index is 504. The minimum absolute atomic E-state index is 0.0475. The first-order valence-electron chi connectivity index (χ1n) is 7.44. The molecule has 0 bridgehead atoms. The van der Waals surface area contributed by atoms with Crippen LogP contribution in [0.1, 0.15) is 32.3 Å². The van der Waals surface area contributed by atoms with Crippen LogP contribution in [0.3, 0.4) is 0 Å². The normalized spacial score (nSPS) is 9.88. The molecular formula is C16H25NO7. The molecule has 136 valence electrons. The maximum atomic E-state index is 9.81. The van der Waals surface area contributed by atoms with Crippen LogP contribution in [0.2, 0.25) is 0 Å². The Morgan fingerprint density at radius 1 is 1.04 bits per heavy atom. The van der Waals surface area contributed by atoms with E-state index in [1.165, 1.54) is 14.2 Å². The molecule has 0 aromatic heterocycles. The number of rotatable bonds is 7. The van der Waals surface area contributed by atoms with E-state index in [1.54, 1.807) is 0 Å². The van der Waals surface area contributed by atoms with Gasteiger partial charge in [0.15, 0.2) is 11.5 Å². The summed E-state index contributed by atoms with van der Waals surface area (Å²) in [5.41, 5.74) is 1.04. The fourth-order valence-corrected chi connectivity index (χ4v) is 1.89. The number of phenolic OH excluding ortho intramolecular Hbond substituents is 1. The Morgan fingerprint density at radius 3 is 1.75 bits per heavy atom.